The summed E-state index contributed by atoms with van der Waals surface area (Å²) in [6, 6.07) is 19.5. The molecule has 0 aliphatic carbocycles. The molecule has 0 saturated carbocycles. The van der Waals surface area contributed by atoms with Gasteiger partial charge in [-0.3, -0.25) is 0 Å². The number of rotatable bonds is 4. The lowest BCUT2D eigenvalue weighted by Crippen LogP contribution is -2.05. The van der Waals surface area contributed by atoms with Crippen LogP contribution < -0.4 is 0 Å². The van der Waals surface area contributed by atoms with Gasteiger partial charge in [-0.25, -0.2) is 4.68 Å². The summed E-state index contributed by atoms with van der Waals surface area (Å²) in [7, 11) is 0. The molecule has 1 heterocycles. The van der Waals surface area contributed by atoms with Crippen molar-refractivity contribution in [3.05, 3.63) is 89.6 Å². The zero-order valence-corrected chi connectivity index (χ0v) is 15.9. The molecule has 2 nitrogen and oxygen atoms in total. The third-order valence-corrected chi connectivity index (χ3v) is 5.49. The molecular formula is C22H17F3N2S. The Bertz CT molecular complexity index is 1110. The van der Waals surface area contributed by atoms with Gasteiger partial charge in [0, 0.05) is 22.2 Å². The number of hydrogen-bond acceptors (Lipinski definition) is 2. The highest BCUT2D eigenvalue weighted by atomic mass is 32.2. The maximum absolute atomic E-state index is 12.7. The van der Waals surface area contributed by atoms with Gasteiger partial charge in [0.25, 0.3) is 0 Å². The number of alkyl halides is 3. The van der Waals surface area contributed by atoms with E-state index in [1.807, 2.05) is 24.4 Å². The Morgan fingerprint density at radius 2 is 1.75 bits per heavy atom. The summed E-state index contributed by atoms with van der Waals surface area (Å²) >= 11 is 1.76. The number of thioether (sulfide) groups is 1. The molecule has 0 radical (unpaired) electrons. The lowest BCUT2D eigenvalue weighted by Gasteiger charge is -2.07. The van der Waals surface area contributed by atoms with Crippen molar-refractivity contribution in [1.82, 2.24) is 9.78 Å². The van der Waals surface area contributed by atoms with E-state index >= 15 is 0 Å². The first-order valence-electron chi connectivity index (χ1n) is 8.74. The number of nitrogens with zero attached hydrogens (tertiary/aromatic N) is 2. The first-order valence-corrected chi connectivity index (χ1v) is 9.72. The molecule has 0 fully saturated rings. The Labute approximate surface area is 165 Å². The van der Waals surface area contributed by atoms with Crippen molar-refractivity contribution in [3.8, 4) is 5.69 Å². The Morgan fingerprint density at radius 1 is 0.964 bits per heavy atom. The smallest absolute Gasteiger partial charge is 0.240 e. The minimum absolute atomic E-state index is 0.597. The highest BCUT2D eigenvalue weighted by molar-refractivity contribution is 7.98. The second-order valence-electron chi connectivity index (χ2n) is 6.62. The van der Waals surface area contributed by atoms with Crippen LogP contribution in [0.1, 0.15) is 16.7 Å². The quantitative estimate of drug-likeness (QED) is 0.358. The van der Waals surface area contributed by atoms with Crippen molar-refractivity contribution in [1.29, 1.82) is 0 Å². The molecule has 4 rings (SSSR count). The second-order valence-corrected chi connectivity index (χ2v) is 7.67. The van der Waals surface area contributed by atoms with Crippen LogP contribution in [0.15, 0.2) is 77.8 Å². The van der Waals surface area contributed by atoms with Crippen LogP contribution in [0.3, 0.4) is 0 Å². The Balaban J connectivity index is 1.54. The molecule has 0 bridgehead atoms. The molecule has 0 aliphatic rings. The van der Waals surface area contributed by atoms with E-state index in [0.717, 1.165) is 34.4 Å². The number of benzene rings is 3. The molecule has 142 valence electrons. The zero-order chi connectivity index (χ0) is 19.7. The van der Waals surface area contributed by atoms with E-state index in [1.54, 1.807) is 16.4 Å². The van der Waals surface area contributed by atoms with Crippen LogP contribution in [-0.2, 0) is 11.9 Å². The largest absolute Gasteiger partial charge is 0.416 e. The first-order chi connectivity index (χ1) is 13.4. The first kappa shape index (κ1) is 18.6. The minimum atomic E-state index is -4.34. The molecule has 1 aromatic heterocycles. The third-order valence-electron chi connectivity index (χ3n) is 4.43. The molecule has 0 atom stereocenters. The molecule has 0 amide bonds. The topological polar surface area (TPSA) is 17.8 Å². The van der Waals surface area contributed by atoms with Crippen molar-refractivity contribution in [3.63, 3.8) is 0 Å². The molecule has 3 aromatic carbocycles. The summed E-state index contributed by atoms with van der Waals surface area (Å²) in [5.74, 6) is 0.826. The van der Waals surface area contributed by atoms with Gasteiger partial charge in [0.15, 0.2) is 0 Å². The van der Waals surface area contributed by atoms with Gasteiger partial charge in [-0.1, -0.05) is 29.8 Å². The molecule has 0 saturated heterocycles. The number of hydrogen-bond donors (Lipinski definition) is 0. The normalized spacial score (nSPS) is 11.9. The highest BCUT2D eigenvalue weighted by Gasteiger charge is 2.30. The van der Waals surface area contributed by atoms with Crippen LogP contribution in [0.4, 0.5) is 13.2 Å². The highest BCUT2D eigenvalue weighted by Crippen LogP contribution is 2.30. The molecule has 28 heavy (non-hydrogen) atoms. The monoisotopic (exact) mass is 398 g/mol. The summed E-state index contributed by atoms with van der Waals surface area (Å²) in [6.45, 7) is 2.07. The van der Waals surface area contributed by atoms with E-state index in [0.29, 0.717) is 5.69 Å². The van der Waals surface area contributed by atoms with Gasteiger partial charge in [0.1, 0.15) is 0 Å². The van der Waals surface area contributed by atoms with Crippen LogP contribution in [0, 0.1) is 6.92 Å². The van der Waals surface area contributed by atoms with E-state index in [2.05, 4.69) is 36.3 Å². The van der Waals surface area contributed by atoms with E-state index < -0.39 is 11.7 Å². The number of aromatic nitrogens is 2. The maximum Gasteiger partial charge on any atom is 0.416 e. The molecule has 4 aromatic rings. The molecular weight excluding hydrogens is 381 g/mol. The fourth-order valence-corrected chi connectivity index (χ4v) is 3.92. The zero-order valence-electron chi connectivity index (χ0n) is 15.1. The molecule has 6 heteroatoms. The maximum atomic E-state index is 12.7. The van der Waals surface area contributed by atoms with Crippen molar-refractivity contribution < 1.29 is 13.2 Å². The fourth-order valence-electron chi connectivity index (χ4n) is 2.96. The van der Waals surface area contributed by atoms with Crippen molar-refractivity contribution in [2.45, 2.75) is 23.7 Å². The molecule has 0 N–H and O–H groups in total. The van der Waals surface area contributed by atoms with Gasteiger partial charge in [0.2, 0.25) is 0 Å². The van der Waals surface area contributed by atoms with Gasteiger partial charge in [-0.05, 0) is 55.0 Å². The van der Waals surface area contributed by atoms with Gasteiger partial charge >= 0.3 is 6.18 Å². The van der Waals surface area contributed by atoms with Crippen LogP contribution in [0.5, 0.6) is 0 Å². The average molecular weight is 398 g/mol. The van der Waals surface area contributed by atoms with Gasteiger partial charge in [-0.15, -0.1) is 11.8 Å². The Morgan fingerprint density at radius 3 is 2.46 bits per heavy atom. The van der Waals surface area contributed by atoms with Gasteiger partial charge in [0.05, 0.1) is 16.8 Å². The second kappa shape index (κ2) is 7.36. The number of fused-ring (bicyclic) bond motifs is 1. The van der Waals surface area contributed by atoms with E-state index in [-0.39, 0.29) is 0 Å². The van der Waals surface area contributed by atoms with E-state index in [9.17, 15) is 13.2 Å². The van der Waals surface area contributed by atoms with Crippen LogP contribution >= 0.6 is 11.8 Å². The van der Waals surface area contributed by atoms with Crippen molar-refractivity contribution in [2.75, 3.05) is 0 Å². The van der Waals surface area contributed by atoms with Gasteiger partial charge < -0.3 is 0 Å². The van der Waals surface area contributed by atoms with Crippen LogP contribution in [-0.4, -0.2) is 9.78 Å². The number of halogens is 3. The summed E-state index contributed by atoms with van der Waals surface area (Å²) < 4.78 is 39.8. The van der Waals surface area contributed by atoms with Crippen molar-refractivity contribution >= 4 is 22.7 Å². The third kappa shape index (κ3) is 4.07. The molecule has 0 spiro atoms. The predicted octanol–water partition coefficient (Wildman–Crippen LogP) is 6.65. The summed E-state index contributed by atoms with van der Waals surface area (Å²) in [5.41, 5.74) is 3.14. The lowest BCUT2D eigenvalue weighted by molar-refractivity contribution is -0.137. The standard InChI is InChI=1S/C22H17F3N2S/c1-15-3-2-4-20(11-15)28-14-16-5-6-17-13-27(26-21(17)12-16)19-9-7-18(8-10-19)22(23,24)25/h2-13H,14H2,1H3. The van der Waals surface area contributed by atoms with Gasteiger partial charge in [-0.2, -0.15) is 18.3 Å². The molecule has 0 aliphatic heterocycles. The van der Waals surface area contributed by atoms with Crippen LogP contribution in [0.2, 0.25) is 0 Å². The summed E-state index contributed by atoms with van der Waals surface area (Å²) in [6.07, 6.45) is -2.51. The lowest BCUT2D eigenvalue weighted by atomic mass is 10.2. The van der Waals surface area contributed by atoms with E-state index in [1.165, 1.54) is 22.6 Å². The summed E-state index contributed by atoms with van der Waals surface area (Å²) in [5, 5.41) is 5.48. The van der Waals surface area contributed by atoms with Crippen molar-refractivity contribution in [2.24, 2.45) is 0 Å². The Kier molecular flexibility index (Phi) is 4.89. The SMILES string of the molecule is Cc1cccc(SCc2ccc3cn(-c4ccc(C(F)(F)F)cc4)nc3c2)c1. The summed E-state index contributed by atoms with van der Waals surface area (Å²) in [4.78, 5) is 1.22. The van der Waals surface area contributed by atoms with E-state index in [4.69, 9.17) is 0 Å². The van der Waals surface area contributed by atoms with Crippen LogP contribution in [0.25, 0.3) is 16.6 Å². The fraction of sp³-hybridized carbons (Fsp3) is 0.136. The predicted molar refractivity (Wildman–Crippen MR) is 107 cm³/mol. The average Bonchev–Trinajstić information content (AvgIpc) is 3.09. The Hall–Kier alpha value is -2.73. The molecule has 0 unspecified atom stereocenters. The minimum Gasteiger partial charge on any atom is -0.240 e. The number of aryl methyl sites for hydroxylation is 1.